The third-order valence-electron chi connectivity index (χ3n) is 13.3. The van der Waals surface area contributed by atoms with Crippen LogP contribution in [0.5, 0.6) is 0 Å². The summed E-state index contributed by atoms with van der Waals surface area (Å²) in [7, 11) is 0. The quantitative estimate of drug-likeness (QED) is 0.105. The number of aliphatic hydroxyl groups is 2. The number of aliphatic carboxylic acids is 1. The van der Waals surface area contributed by atoms with Crippen molar-refractivity contribution in [2.45, 2.75) is 135 Å². The second-order valence-electron chi connectivity index (χ2n) is 15.8. The minimum atomic E-state index is -0.702. The molecule has 4 aliphatic carbocycles. The van der Waals surface area contributed by atoms with Crippen molar-refractivity contribution in [2.75, 3.05) is 39.3 Å². The Morgan fingerprint density at radius 1 is 0.864 bits per heavy atom. The zero-order valence-electron chi connectivity index (χ0n) is 28.4. The van der Waals surface area contributed by atoms with Crippen LogP contribution in [0.15, 0.2) is 0 Å². The Morgan fingerprint density at radius 2 is 1.57 bits per heavy atom. The summed E-state index contributed by atoms with van der Waals surface area (Å²) < 4.78 is 0. The summed E-state index contributed by atoms with van der Waals surface area (Å²) in [6.45, 7) is 12.7. The van der Waals surface area contributed by atoms with Crippen LogP contribution >= 0.6 is 0 Å². The molecule has 0 aromatic rings. The second-order valence-corrected chi connectivity index (χ2v) is 15.8. The highest BCUT2D eigenvalue weighted by molar-refractivity contribution is 5.69. The summed E-state index contributed by atoms with van der Waals surface area (Å²) in [6.07, 6.45) is 15.4. The summed E-state index contributed by atoms with van der Waals surface area (Å²) in [5.41, 5.74) is 5.61. The number of nitrogens with two attached hydrogens (primary N) is 1. The maximum Gasteiger partial charge on any atom is 0.306 e. The lowest BCUT2D eigenvalue weighted by Crippen LogP contribution is -2.62. The Labute approximate surface area is 268 Å². The third-order valence-corrected chi connectivity index (χ3v) is 13.3. The van der Waals surface area contributed by atoms with Crippen molar-refractivity contribution in [3.05, 3.63) is 0 Å². The standard InChI is InChI=1S/C36H68N4O4/c1-25(34(43)44)10-4-5-11-26-12-13-29-33-30(24-32(42)36(26,29)3)35(2)15-14-28(22-27(35)23-31(33)41)40-21-9-20-39-18-7-6-17-38-19-8-16-37/h25-33,38-42H,4-24,37H2,1-3H3,(H,43,44)/t25-,26+,27-,28+,29?,30?,31-,32+,33?,35+,36-/m1/s1. The topological polar surface area (TPSA) is 140 Å². The van der Waals surface area contributed by atoms with Gasteiger partial charge in [0.1, 0.15) is 0 Å². The molecule has 0 amide bonds. The lowest BCUT2D eigenvalue weighted by atomic mass is 9.43. The summed E-state index contributed by atoms with van der Waals surface area (Å²) in [5.74, 6) is 1.11. The van der Waals surface area contributed by atoms with E-state index in [1.807, 2.05) is 0 Å². The molecule has 8 N–H and O–H groups in total. The molecule has 0 aliphatic heterocycles. The average Bonchev–Trinajstić information content (AvgIpc) is 3.33. The van der Waals surface area contributed by atoms with E-state index in [4.69, 9.17) is 5.73 Å². The largest absolute Gasteiger partial charge is 0.481 e. The van der Waals surface area contributed by atoms with Crippen LogP contribution in [0.4, 0.5) is 0 Å². The highest BCUT2D eigenvalue weighted by Gasteiger charge is 2.65. The first kappa shape index (κ1) is 36.1. The molecule has 0 saturated heterocycles. The molecule has 4 aliphatic rings. The van der Waals surface area contributed by atoms with Crippen LogP contribution in [0.25, 0.3) is 0 Å². The smallest absolute Gasteiger partial charge is 0.306 e. The van der Waals surface area contributed by atoms with Crippen LogP contribution in [0.3, 0.4) is 0 Å². The normalized spacial score (nSPS) is 39.0. The number of carboxylic acids is 1. The van der Waals surface area contributed by atoms with Gasteiger partial charge >= 0.3 is 5.97 Å². The second kappa shape index (κ2) is 16.9. The Hall–Kier alpha value is -0.770. The number of nitrogens with one attached hydrogen (secondary N) is 3. The van der Waals surface area contributed by atoms with Gasteiger partial charge in [0, 0.05) is 6.04 Å². The van der Waals surface area contributed by atoms with E-state index in [9.17, 15) is 20.1 Å². The van der Waals surface area contributed by atoms with E-state index in [1.165, 1.54) is 25.7 Å². The van der Waals surface area contributed by atoms with Crippen LogP contribution in [0.1, 0.15) is 117 Å². The molecule has 0 radical (unpaired) electrons. The molecule has 4 rings (SSSR count). The van der Waals surface area contributed by atoms with Crippen molar-refractivity contribution in [3.63, 3.8) is 0 Å². The van der Waals surface area contributed by atoms with Crippen LogP contribution in [0.2, 0.25) is 0 Å². The van der Waals surface area contributed by atoms with Crippen molar-refractivity contribution in [3.8, 4) is 0 Å². The van der Waals surface area contributed by atoms with Gasteiger partial charge in [-0.05, 0) is 163 Å². The van der Waals surface area contributed by atoms with E-state index < -0.39 is 5.97 Å². The van der Waals surface area contributed by atoms with Gasteiger partial charge in [-0.15, -0.1) is 0 Å². The van der Waals surface area contributed by atoms with Gasteiger partial charge in [-0.3, -0.25) is 4.79 Å². The van der Waals surface area contributed by atoms with E-state index in [1.54, 1.807) is 6.92 Å². The van der Waals surface area contributed by atoms with E-state index in [0.29, 0.717) is 35.6 Å². The Balaban J connectivity index is 1.20. The lowest BCUT2D eigenvalue weighted by Gasteiger charge is -2.63. The lowest BCUT2D eigenvalue weighted by molar-refractivity contribution is -0.200. The predicted octanol–water partition coefficient (Wildman–Crippen LogP) is 4.52. The SMILES string of the molecule is C[C@H](CCCC[C@H]1CCC2C3C(C[C@H](O)[C@@]21C)[C@@]1(C)CC[C@H](NCCCNCCCCNCCCN)C[C@@H]1C[C@H]3O)C(=O)O. The molecule has 0 heterocycles. The van der Waals surface area contributed by atoms with Gasteiger partial charge in [0.25, 0.3) is 0 Å². The summed E-state index contributed by atoms with van der Waals surface area (Å²) in [5, 5.41) is 43.6. The first-order valence-electron chi connectivity index (χ1n) is 18.6. The van der Waals surface area contributed by atoms with Crippen LogP contribution in [-0.4, -0.2) is 78.8 Å². The van der Waals surface area contributed by atoms with Gasteiger partial charge in [0.2, 0.25) is 0 Å². The van der Waals surface area contributed by atoms with Crippen molar-refractivity contribution in [1.29, 1.82) is 0 Å². The van der Waals surface area contributed by atoms with Crippen molar-refractivity contribution in [1.82, 2.24) is 16.0 Å². The molecular weight excluding hydrogens is 552 g/mol. The highest BCUT2D eigenvalue weighted by Crippen LogP contribution is 2.67. The fraction of sp³-hybridized carbons (Fsp3) is 0.972. The number of hydrogen-bond acceptors (Lipinski definition) is 7. The van der Waals surface area contributed by atoms with Crippen molar-refractivity contribution < 1.29 is 20.1 Å². The van der Waals surface area contributed by atoms with Gasteiger partial charge in [-0.25, -0.2) is 0 Å². The molecule has 3 unspecified atom stereocenters. The fourth-order valence-electron chi connectivity index (χ4n) is 10.4. The Kier molecular flexibility index (Phi) is 13.8. The first-order valence-corrected chi connectivity index (χ1v) is 18.6. The number of aliphatic hydroxyl groups excluding tert-OH is 2. The Bertz CT molecular complexity index is 877. The van der Waals surface area contributed by atoms with Crippen molar-refractivity contribution >= 4 is 5.97 Å². The van der Waals surface area contributed by atoms with Gasteiger partial charge in [-0.1, -0.05) is 33.6 Å². The van der Waals surface area contributed by atoms with E-state index in [0.717, 1.165) is 110 Å². The zero-order valence-corrected chi connectivity index (χ0v) is 28.4. The Morgan fingerprint density at radius 3 is 2.27 bits per heavy atom. The highest BCUT2D eigenvalue weighted by atomic mass is 16.4. The van der Waals surface area contributed by atoms with Gasteiger partial charge in [-0.2, -0.15) is 0 Å². The number of carboxylic acid groups (broad SMARTS) is 1. The average molecular weight is 621 g/mol. The predicted molar refractivity (Wildman–Crippen MR) is 178 cm³/mol. The third kappa shape index (κ3) is 8.38. The maximum absolute atomic E-state index is 11.8. The molecule has 256 valence electrons. The van der Waals surface area contributed by atoms with Crippen LogP contribution < -0.4 is 21.7 Å². The van der Waals surface area contributed by atoms with Gasteiger partial charge in [0.05, 0.1) is 18.1 Å². The molecule has 0 spiro atoms. The molecule has 8 heteroatoms. The summed E-state index contributed by atoms with van der Waals surface area (Å²) in [6, 6.07) is 0.537. The first-order chi connectivity index (χ1) is 21.1. The molecule has 11 atom stereocenters. The molecular formula is C36H68N4O4. The van der Waals surface area contributed by atoms with E-state index in [2.05, 4.69) is 29.8 Å². The number of fused-ring (bicyclic) bond motifs is 5. The van der Waals surface area contributed by atoms with Crippen LogP contribution in [-0.2, 0) is 4.79 Å². The fourth-order valence-corrected chi connectivity index (χ4v) is 10.4. The van der Waals surface area contributed by atoms with E-state index >= 15 is 0 Å². The maximum atomic E-state index is 11.8. The molecule has 0 aromatic carbocycles. The zero-order chi connectivity index (χ0) is 31.7. The molecule has 4 fully saturated rings. The van der Waals surface area contributed by atoms with Gasteiger partial charge in [0.15, 0.2) is 0 Å². The minimum absolute atomic E-state index is 0.127. The number of unbranched alkanes of at least 4 members (excludes halogenated alkanes) is 2. The van der Waals surface area contributed by atoms with E-state index in [-0.39, 0.29) is 29.0 Å². The number of hydrogen-bond donors (Lipinski definition) is 7. The molecule has 44 heavy (non-hydrogen) atoms. The molecule has 4 saturated carbocycles. The summed E-state index contributed by atoms with van der Waals surface area (Å²) >= 11 is 0. The molecule has 8 nitrogen and oxygen atoms in total. The number of carbonyl (C=O) groups is 1. The van der Waals surface area contributed by atoms with Gasteiger partial charge < -0.3 is 37.0 Å². The van der Waals surface area contributed by atoms with Crippen molar-refractivity contribution in [2.24, 2.45) is 52.1 Å². The van der Waals surface area contributed by atoms with Crippen LogP contribution in [0, 0.1) is 46.3 Å². The molecule has 0 aromatic heterocycles. The minimum Gasteiger partial charge on any atom is -0.481 e. The monoisotopic (exact) mass is 621 g/mol. The number of rotatable bonds is 19. The molecule has 0 bridgehead atoms. The summed E-state index contributed by atoms with van der Waals surface area (Å²) in [4.78, 5) is 11.2.